The number of amides is 3. The van der Waals surface area contributed by atoms with Gasteiger partial charge in [0.2, 0.25) is 17.7 Å². The van der Waals surface area contributed by atoms with Crippen molar-refractivity contribution in [1.29, 1.82) is 0 Å². The van der Waals surface area contributed by atoms with E-state index in [1.165, 1.54) is 41.5 Å². The highest BCUT2D eigenvalue weighted by Crippen LogP contribution is 2.10. The molecule has 0 aromatic heterocycles. The van der Waals surface area contributed by atoms with Gasteiger partial charge in [0.25, 0.3) is 0 Å². The van der Waals surface area contributed by atoms with E-state index in [1.807, 2.05) is 0 Å². The fourth-order valence-corrected chi connectivity index (χ4v) is 1.38. The summed E-state index contributed by atoms with van der Waals surface area (Å²) in [4.78, 5) is 46.6. The third kappa shape index (κ3) is 6.64. The lowest BCUT2D eigenvalue weighted by Gasteiger charge is -2.33. The first kappa shape index (κ1) is 20.8. The minimum Gasteiger partial charge on any atom is -0.480 e. The third-order valence-corrected chi connectivity index (χ3v) is 2.97. The summed E-state index contributed by atoms with van der Waals surface area (Å²) in [5, 5.41) is 15.7. The molecule has 9 heteroatoms. The quantitative estimate of drug-likeness (QED) is 0.392. The molecule has 132 valence electrons. The Balaban J connectivity index is 4.92. The number of aliphatic carboxylic acids is 1. The molecule has 0 aliphatic carbocycles. The topological polar surface area (TPSA) is 151 Å². The monoisotopic (exact) mass is 330 g/mol. The van der Waals surface area contributed by atoms with E-state index in [1.54, 1.807) is 0 Å². The third-order valence-electron chi connectivity index (χ3n) is 2.97. The van der Waals surface area contributed by atoms with Gasteiger partial charge in [-0.05, 0) is 41.5 Å². The average Bonchev–Trinajstić information content (AvgIpc) is 2.33. The Labute approximate surface area is 135 Å². The zero-order valence-corrected chi connectivity index (χ0v) is 14.4. The van der Waals surface area contributed by atoms with Crippen LogP contribution in [0.2, 0.25) is 0 Å². The molecule has 0 aromatic rings. The second-order valence-electron chi connectivity index (χ2n) is 6.96. The normalized spacial score (nSPS) is 12.3. The summed E-state index contributed by atoms with van der Waals surface area (Å²) >= 11 is 0. The van der Waals surface area contributed by atoms with E-state index in [9.17, 15) is 19.2 Å². The molecule has 3 amide bonds. The lowest BCUT2D eigenvalue weighted by atomic mass is 9.97. The number of nitrogens with two attached hydrogens (primary N) is 1. The van der Waals surface area contributed by atoms with Crippen molar-refractivity contribution < 1.29 is 24.3 Å². The van der Waals surface area contributed by atoms with Crippen molar-refractivity contribution >= 4 is 23.7 Å². The number of carboxylic acid groups (broad SMARTS) is 1. The number of carbonyl (C=O) groups excluding carboxylic acids is 3. The highest BCUT2D eigenvalue weighted by atomic mass is 16.4. The summed E-state index contributed by atoms with van der Waals surface area (Å²) in [5.41, 5.74) is 1.84. The van der Waals surface area contributed by atoms with Gasteiger partial charge in [-0.2, -0.15) is 0 Å². The lowest BCUT2D eigenvalue weighted by molar-refractivity contribution is -0.140. The minimum absolute atomic E-state index is 0.522. The summed E-state index contributed by atoms with van der Waals surface area (Å²) in [5.74, 6) is -2.98. The molecule has 0 unspecified atom stereocenters. The molecule has 0 bridgehead atoms. The van der Waals surface area contributed by atoms with Crippen LogP contribution in [0.1, 0.15) is 41.5 Å². The van der Waals surface area contributed by atoms with Gasteiger partial charge >= 0.3 is 5.97 Å². The van der Waals surface area contributed by atoms with Crippen LogP contribution in [0.5, 0.6) is 0 Å². The van der Waals surface area contributed by atoms with Gasteiger partial charge in [0.15, 0.2) is 0 Å². The first-order valence-electron chi connectivity index (χ1n) is 7.04. The van der Waals surface area contributed by atoms with Gasteiger partial charge in [0.1, 0.15) is 17.6 Å². The highest BCUT2D eigenvalue weighted by molar-refractivity contribution is 5.97. The van der Waals surface area contributed by atoms with Crippen LogP contribution in [-0.2, 0) is 19.2 Å². The van der Waals surface area contributed by atoms with Crippen LogP contribution in [0.4, 0.5) is 0 Å². The smallest absolute Gasteiger partial charge is 0.322 e. The standard InChI is InChI=1S/C14H26N4O5/c1-12(2,15)9(21)17-14(5,6)11(23)18-13(3,4)10(22)16-7-8(19)20/h7,15H2,1-6H3,(H,16,22)(H,17,21)(H,18,23)(H,19,20). The second-order valence-corrected chi connectivity index (χ2v) is 6.96. The van der Waals surface area contributed by atoms with Gasteiger partial charge < -0.3 is 26.8 Å². The maximum absolute atomic E-state index is 12.3. The van der Waals surface area contributed by atoms with Crippen LogP contribution in [-0.4, -0.2) is 52.0 Å². The Hall–Kier alpha value is -2.16. The number of carbonyl (C=O) groups is 4. The molecule has 0 radical (unpaired) electrons. The molecule has 0 heterocycles. The number of hydrogen-bond acceptors (Lipinski definition) is 5. The molecule has 0 fully saturated rings. The molecule has 0 saturated heterocycles. The number of carboxylic acids is 1. The van der Waals surface area contributed by atoms with Crippen LogP contribution in [0.3, 0.4) is 0 Å². The van der Waals surface area contributed by atoms with Crippen molar-refractivity contribution in [3.05, 3.63) is 0 Å². The van der Waals surface area contributed by atoms with Gasteiger partial charge in [-0.25, -0.2) is 0 Å². The summed E-state index contributed by atoms with van der Waals surface area (Å²) in [6, 6.07) is 0. The van der Waals surface area contributed by atoms with Crippen molar-refractivity contribution in [2.45, 2.75) is 58.2 Å². The van der Waals surface area contributed by atoms with Crippen molar-refractivity contribution in [2.75, 3.05) is 6.54 Å². The van der Waals surface area contributed by atoms with Crippen LogP contribution in [0, 0.1) is 0 Å². The van der Waals surface area contributed by atoms with Crippen LogP contribution < -0.4 is 21.7 Å². The highest BCUT2D eigenvalue weighted by Gasteiger charge is 2.38. The van der Waals surface area contributed by atoms with Gasteiger partial charge in [-0.15, -0.1) is 0 Å². The van der Waals surface area contributed by atoms with E-state index in [-0.39, 0.29) is 0 Å². The van der Waals surface area contributed by atoms with Crippen molar-refractivity contribution in [3.63, 3.8) is 0 Å². The molecule has 9 nitrogen and oxygen atoms in total. The predicted molar refractivity (Wildman–Crippen MR) is 83.4 cm³/mol. The fraction of sp³-hybridized carbons (Fsp3) is 0.714. The Morgan fingerprint density at radius 2 is 1.22 bits per heavy atom. The Bertz CT molecular complexity index is 506. The zero-order chi connectivity index (χ0) is 18.6. The molecule has 0 saturated carbocycles. The van der Waals surface area contributed by atoms with E-state index < -0.39 is 46.9 Å². The van der Waals surface area contributed by atoms with Gasteiger partial charge in [-0.3, -0.25) is 19.2 Å². The lowest BCUT2D eigenvalue weighted by Crippen LogP contribution is -2.65. The average molecular weight is 330 g/mol. The second kappa shape index (κ2) is 6.95. The van der Waals surface area contributed by atoms with Crippen molar-refractivity contribution in [3.8, 4) is 0 Å². The molecular formula is C14H26N4O5. The molecule has 0 spiro atoms. The molecule has 23 heavy (non-hydrogen) atoms. The fourth-order valence-electron chi connectivity index (χ4n) is 1.38. The summed E-state index contributed by atoms with van der Waals surface area (Å²) in [7, 11) is 0. The van der Waals surface area contributed by atoms with Crippen molar-refractivity contribution in [2.24, 2.45) is 5.73 Å². The van der Waals surface area contributed by atoms with E-state index in [4.69, 9.17) is 10.8 Å². The molecule has 0 aromatic carbocycles. The maximum atomic E-state index is 12.3. The predicted octanol–water partition coefficient (Wildman–Crippen LogP) is -1.29. The molecular weight excluding hydrogens is 304 g/mol. The van der Waals surface area contributed by atoms with Crippen molar-refractivity contribution in [1.82, 2.24) is 16.0 Å². The minimum atomic E-state index is -1.35. The zero-order valence-electron chi connectivity index (χ0n) is 14.4. The van der Waals surface area contributed by atoms with E-state index >= 15 is 0 Å². The molecule has 0 aliphatic rings. The van der Waals surface area contributed by atoms with Gasteiger partial charge in [0.05, 0.1) is 5.54 Å². The van der Waals surface area contributed by atoms with Gasteiger partial charge in [-0.1, -0.05) is 0 Å². The van der Waals surface area contributed by atoms with E-state index in [0.717, 1.165) is 0 Å². The first-order valence-corrected chi connectivity index (χ1v) is 7.04. The maximum Gasteiger partial charge on any atom is 0.322 e. The summed E-state index contributed by atoms with van der Waals surface area (Å²) in [6.07, 6.45) is 0. The van der Waals surface area contributed by atoms with Gasteiger partial charge in [0, 0.05) is 0 Å². The molecule has 6 N–H and O–H groups in total. The Kier molecular flexibility index (Phi) is 6.29. The molecule has 0 atom stereocenters. The number of rotatable bonds is 7. The number of hydrogen-bond donors (Lipinski definition) is 5. The number of nitrogens with one attached hydrogen (secondary N) is 3. The Morgan fingerprint density at radius 1 is 0.826 bits per heavy atom. The molecule has 0 rings (SSSR count). The largest absolute Gasteiger partial charge is 0.480 e. The van der Waals surface area contributed by atoms with Crippen LogP contribution in [0.25, 0.3) is 0 Å². The van der Waals surface area contributed by atoms with E-state index in [0.29, 0.717) is 0 Å². The molecule has 0 aliphatic heterocycles. The SMILES string of the molecule is CC(C)(N)C(=O)NC(C)(C)C(=O)NC(C)(C)C(=O)NCC(=O)O. The van der Waals surface area contributed by atoms with Crippen LogP contribution >= 0.6 is 0 Å². The van der Waals surface area contributed by atoms with Crippen LogP contribution in [0.15, 0.2) is 0 Å². The Morgan fingerprint density at radius 3 is 1.61 bits per heavy atom. The summed E-state index contributed by atoms with van der Waals surface area (Å²) in [6.45, 7) is 8.23. The van der Waals surface area contributed by atoms with E-state index in [2.05, 4.69) is 16.0 Å². The summed E-state index contributed by atoms with van der Waals surface area (Å²) < 4.78 is 0. The first-order chi connectivity index (χ1) is 10.1.